The van der Waals surface area contributed by atoms with E-state index in [1.54, 1.807) is 32.0 Å². The number of nitrogens with zero attached hydrogens (tertiary/aromatic N) is 2. The van der Waals surface area contributed by atoms with E-state index in [0.29, 0.717) is 18.9 Å². The van der Waals surface area contributed by atoms with E-state index in [-0.39, 0.29) is 6.10 Å². The fourth-order valence-corrected chi connectivity index (χ4v) is 3.39. The number of ether oxygens (including phenoxy) is 2. The predicted molar refractivity (Wildman–Crippen MR) is 105 cm³/mol. The third-order valence-electron chi connectivity index (χ3n) is 4.83. The van der Waals surface area contributed by atoms with Crippen LogP contribution in [0.25, 0.3) is 0 Å². The molecular weight excluding hydrogens is 399 g/mol. The van der Waals surface area contributed by atoms with Gasteiger partial charge in [-0.25, -0.2) is 0 Å². The molecular formula is C21H26F3N3O3. The van der Waals surface area contributed by atoms with E-state index in [4.69, 9.17) is 9.47 Å². The first kappa shape index (κ1) is 22.3. The van der Waals surface area contributed by atoms with E-state index >= 15 is 0 Å². The minimum atomic E-state index is -4.69. The second kappa shape index (κ2) is 9.61. The number of amides is 1. The Balaban J connectivity index is 1.65. The van der Waals surface area contributed by atoms with Gasteiger partial charge in [-0.3, -0.25) is 9.48 Å². The average Bonchev–Trinajstić information content (AvgIpc) is 3.15. The zero-order valence-corrected chi connectivity index (χ0v) is 17.0. The number of rotatable bonds is 7. The largest absolute Gasteiger partial charge is 0.433 e. The maximum absolute atomic E-state index is 13.5. The molecule has 1 fully saturated rings. The van der Waals surface area contributed by atoms with Crippen molar-refractivity contribution >= 4 is 11.6 Å². The first-order chi connectivity index (χ1) is 14.3. The molecule has 1 saturated heterocycles. The lowest BCUT2D eigenvalue weighted by Crippen LogP contribution is -2.24. The first-order valence-electron chi connectivity index (χ1n) is 10.00. The number of halogens is 3. The summed E-state index contributed by atoms with van der Waals surface area (Å²) in [6.45, 7) is 4.71. The van der Waals surface area contributed by atoms with Gasteiger partial charge in [0.25, 0.3) is 5.91 Å². The molecule has 1 aromatic carbocycles. The van der Waals surface area contributed by atoms with Crippen molar-refractivity contribution in [1.82, 2.24) is 9.78 Å². The van der Waals surface area contributed by atoms with Gasteiger partial charge in [-0.15, -0.1) is 0 Å². The first-order valence-corrected chi connectivity index (χ1v) is 10.00. The van der Waals surface area contributed by atoms with Gasteiger partial charge in [0.15, 0.2) is 5.69 Å². The highest BCUT2D eigenvalue weighted by Crippen LogP contribution is 2.34. The van der Waals surface area contributed by atoms with Crippen LogP contribution in [0.2, 0.25) is 0 Å². The van der Waals surface area contributed by atoms with E-state index in [1.807, 2.05) is 6.07 Å². The Morgan fingerprint density at radius 3 is 2.83 bits per heavy atom. The summed E-state index contributed by atoms with van der Waals surface area (Å²) in [5, 5.41) is 6.28. The van der Waals surface area contributed by atoms with Gasteiger partial charge in [-0.05, 0) is 50.8 Å². The average molecular weight is 425 g/mol. The highest BCUT2D eigenvalue weighted by Gasteiger charge is 2.40. The molecule has 2 aromatic rings. The van der Waals surface area contributed by atoms with Crippen molar-refractivity contribution in [2.24, 2.45) is 0 Å². The minimum Gasteiger partial charge on any atom is -0.376 e. The molecule has 30 heavy (non-hydrogen) atoms. The van der Waals surface area contributed by atoms with Gasteiger partial charge in [-0.1, -0.05) is 12.1 Å². The van der Waals surface area contributed by atoms with Gasteiger partial charge in [0.1, 0.15) is 0 Å². The summed E-state index contributed by atoms with van der Waals surface area (Å²) in [5.74, 6) is -0.858. The van der Waals surface area contributed by atoms with Crippen molar-refractivity contribution in [2.75, 3.05) is 18.5 Å². The number of aromatic nitrogens is 2. The molecule has 164 valence electrons. The molecule has 1 amide bonds. The molecule has 2 heterocycles. The number of hydrogen-bond donors (Lipinski definition) is 1. The van der Waals surface area contributed by atoms with Crippen molar-refractivity contribution in [3.05, 3.63) is 47.3 Å². The standard InChI is InChI=1S/C21H26F3N3O3/c1-14(2)27-19(21(22,23)24)18(11-25-27)20(28)26-16-7-5-6-15(10-16)12-29-13-17-8-3-4-9-30-17/h5-7,10-11,14,17H,3-4,8-9,12-13H2,1-2H3,(H,26,28). The maximum atomic E-state index is 13.5. The van der Waals surface area contributed by atoms with Crippen molar-refractivity contribution in [3.63, 3.8) is 0 Å². The molecule has 1 N–H and O–H groups in total. The van der Waals surface area contributed by atoms with Crippen LogP contribution in [0.5, 0.6) is 0 Å². The van der Waals surface area contributed by atoms with Gasteiger partial charge in [0, 0.05) is 18.3 Å². The van der Waals surface area contributed by atoms with E-state index in [1.165, 1.54) is 0 Å². The van der Waals surface area contributed by atoms with E-state index in [2.05, 4.69) is 10.4 Å². The fourth-order valence-electron chi connectivity index (χ4n) is 3.39. The van der Waals surface area contributed by atoms with E-state index in [0.717, 1.165) is 42.3 Å². The summed E-state index contributed by atoms with van der Waals surface area (Å²) >= 11 is 0. The van der Waals surface area contributed by atoms with E-state index in [9.17, 15) is 18.0 Å². The highest BCUT2D eigenvalue weighted by molar-refractivity contribution is 6.05. The molecule has 1 atom stereocenters. The van der Waals surface area contributed by atoms with Gasteiger partial charge < -0.3 is 14.8 Å². The molecule has 0 spiro atoms. The summed E-state index contributed by atoms with van der Waals surface area (Å²) in [5.41, 5.74) is -0.368. The third kappa shape index (κ3) is 5.60. The molecule has 0 bridgehead atoms. The van der Waals surface area contributed by atoms with Gasteiger partial charge >= 0.3 is 6.18 Å². The lowest BCUT2D eigenvalue weighted by Gasteiger charge is -2.22. The second-order valence-corrected chi connectivity index (χ2v) is 7.60. The number of hydrogen-bond acceptors (Lipinski definition) is 4. The van der Waals surface area contributed by atoms with Crippen LogP contribution in [0.3, 0.4) is 0 Å². The Morgan fingerprint density at radius 1 is 1.37 bits per heavy atom. The SMILES string of the molecule is CC(C)n1ncc(C(=O)Nc2cccc(COCC3CCCCO3)c2)c1C(F)(F)F. The van der Waals surface area contributed by atoms with Crippen LogP contribution >= 0.6 is 0 Å². The molecule has 1 aliphatic heterocycles. The van der Waals surface area contributed by atoms with Crippen LogP contribution in [-0.2, 0) is 22.3 Å². The van der Waals surface area contributed by atoms with Crippen molar-refractivity contribution in [3.8, 4) is 0 Å². The number of alkyl halides is 3. The molecule has 1 unspecified atom stereocenters. The van der Waals surface area contributed by atoms with Gasteiger partial charge in [0.2, 0.25) is 0 Å². The van der Waals surface area contributed by atoms with Crippen LogP contribution in [0.15, 0.2) is 30.5 Å². The summed E-state index contributed by atoms with van der Waals surface area (Å²) in [4.78, 5) is 12.5. The summed E-state index contributed by atoms with van der Waals surface area (Å²) in [6, 6.07) is 6.31. The number of benzene rings is 1. The second-order valence-electron chi connectivity index (χ2n) is 7.60. The number of anilines is 1. The number of carbonyl (C=O) groups is 1. The van der Waals surface area contributed by atoms with Gasteiger partial charge in [-0.2, -0.15) is 18.3 Å². The fraction of sp³-hybridized carbons (Fsp3) is 0.524. The summed E-state index contributed by atoms with van der Waals surface area (Å²) in [6.07, 6.45) is -0.464. The molecule has 1 aromatic heterocycles. The van der Waals surface area contributed by atoms with Crippen LogP contribution in [0, 0.1) is 0 Å². The smallest absolute Gasteiger partial charge is 0.376 e. The number of carbonyl (C=O) groups excluding carboxylic acids is 1. The highest BCUT2D eigenvalue weighted by atomic mass is 19.4. The topological polar surface area (TPSA) is 65.4 Å². The van der Waals surface area contributed by atoms with Crippen molar-refractivity contribution in [1.29, 1.82) is 0 Å². The van der Waals surface area contributed by atoms with Crippen molar-refractivity contribution < 1.29 is 27.4 Å². The molecule has 0 saturated carbocycles. The maximum Gasteiger partial charge on any atom is 0.433 e. The Bertz CT molecular complexity index is 859. The van der Waals surface area contributed by atoms with Crippen LogP contribution in [0.4, 0.5) is 18.9 Å². The lowest BCUT2D eigenvalue weighted by molar-refractivity contribution is -0.145. The third-order valence-corrected chi connectivity index (χ3v) is 4.83. The molecule has 0 radical (unpaired) electrons. The molecule has 1 aliphatic rings. The quantitative estimate of drug-likeness (QED) is 0.691. The Labute approximate surface area is 173 Å². The monoisotopic (exact) mass is 425 g/mol. The molecule has 3 rings (SSSR count). The Hall–Kier alpha value is -2.39. The van der Waals surface area contributed by atoms with E-state index < -0.39 is 29.4 Å². The summed E-state index contributed by atoms with van der Waals surface area (Å²) < 4.78 is 52.6. The Kier molecular flexibility index (Phi) is 7.14. The van der Waals surface area contributed by atoms with Crippen LogP contribution in [-0.4, -0.2) is 35.0 Å². The lowest BCUT2D eigenvalue weighted by atomic mass is 10.1. The van der Waals surface area contributed by atoms with Crippen molar-refractivity contribution in [2.45, 2.75) is 58.0 Å². The molecule has 9 heteroatoms. The summed E-state index contributed by atoms with van der Waals surface area (Å²) in [7, 11) is 0. The molecule has 6 nitrogen and oxygen atoms in total. The minimum absolute atomic E-state index is 0.0971. The molecule has 0 aliphatic carbocycles. The normalized spacial score (nSPS) is 17.3. The van der Waals surface area contributed by atoms with Gasteiger partial charge in [0.05, 0.1) is 31.1 Å². The number of nitrogens with one attached hydrogen (secondary N) is 1. The zero-order chi connectivity index (χ0) is 21.7. The van der Waals surface area contributed by atoms with Crippen LogP contribution < -0.4 is 5.32 Å². The van der Waals surface area contributed by atoms with Crippen LogP contribution in [0.1, 0.15) is 60.8 Å². The zero-order valence-electron chi connectivity index (χ0n) is 17.0. The predicted octanol–water partition coefficient (Wildman–Crippen LogP) is 4.82. The Morgan fingerprint density at radius 2 is 2.17 bits per heavy atom.